The van der Waals surface area contributed by atoms with Crippen molar-refractivity contribution in [1.82, 2.24) is 34.4 Å². The molecule has 1 atom stereocenters. The van der Waals surface area contributed by atoms with E-state index in [1.165, 1.54) is 4.52 Å². The number of nitrogens with zero attached hydrogens (tertiary/aromatic N) is 7. The van der Waals surface area contributed by atoms with Gasteiger partial charge in [0.05, 0.1) is 16.9 Å². The summed E-state index contributed by atoms with van der Waals surface area (Å²) >= 11 is 0. The number of nitrogens with one attached hydrogen (secondary N) is 1. The van der Waals surface area contributed by atoms with Crippen LogP contribution in [0.2, 0.25) is 0 Å². The van der Waals surface area contributed by atoms with E-state index in [1.54, 1.807) is 60.5 Å². The van der Waals surface area contributed by atoms with E-state index in [0.29, 0.717) is 40.9 Å². The third-order valence-corrected chi connectivity index (χ3v) is 6.71. The van der Waals surface area contributed by atoms with E-state index < -0.39 is 11.9 Å². The van der Waals surface area contributed by atoms with Gasteiger partial charge in [-0.25, -0.2) is 14.5 Å². The molecule has 41 heavy (non-hydrogen) atoms. The van der Waals surface area contributed by atoms with Gasteiger partial charge in [0.1, 0.15) is 11.4 Å². The molecule has 0 aliphatic carbocycles. The number of nitrogens with two attached hydrogens (primary N) is 1. The smallest absolute Gasteiger partial charge is 0.262 e. The highest BCUT2D eigenvalue weighted by Gasteiger charge is 2.24. The number of amides is 1. The number of hydrogen-bond acceptors (Lipinski definition) is 8. The SMILES string of the molecule is CC(NC(=O)c1c(N)nn2cccnc12)c1nc2cccc(C#Cc3cccnc3)c2c(=O)n1CCC1=CCC=N1. The van der Waals surface area contributed by atoms with E-state index in [-0.39, 0.29) is 16.9 Å². The van der Waals surface area contributed by atoms with Gasteiger partial charge in [0, 0.05) is 67.2 Å². The lowest BCUT2D eigenvalue weighted by Gasteiger charge is -2.20. The van der Waals surface area contributed by atoms with E-state index in [0.717, 1.165) is 17.7 Å². The highest BCUT2D eigenvalue weighted by molar-refractivity contribution is 6.04. The molecule has 3 N–H and O–H groups in total. The van der Waals surface area contributed by atoms with E-state index >= 15 is 0 Å². The molecule has 11 nitrogen and oxygen atoms in total. The Morgan fingerprint density at radius 3 is 2.88 bits per heavy atom. The lowest BCUT2D eigenvalue weighted by molar-refractivity contribution is 0.0939. The Balaban J connectivity index is 1.41. The van der Waals surface area contributed by atoms with Crippen molar-refractivity contribution in [2.24, 2.45) is 4.99 Å². The average molecular weight is 544 g/mol. The molecule has 4 aromatic heterocycles. The highest BCUT2D eigenvalue weighted by Crippen LogP contribution is 2.21. The number of hydrogen-bond donors (Lipinski definition) is 2. The molecule has 0 bridgehead atoms. The molecule has 5 heterocycles. The van der Waals surface area contributed by atoms with Crippen molar-refractivity contribution in [3.05, 3.63) is 106 Å². The number of aliphatic imine (C=N–C) groups is 1. The largest absolute Gasteiger partial charge is 0.381 e. The Morgan fingerprint density at radius 1 is 1.17 bits per heavy atom. The fourth-order valence-electron chi connectivity index (χ4n) is 4.77. The van der Waals surface area contributed by atoms with Crippen LogP contribution in [0.15, 0.2) is 82.7 Å². The summed E-state index contributed by atoms with van der Waals surface area (Å²) < 4.78 is 3.04. The first-order valence-electron chi connectivity index (χ1n) is 13.1. The fraction of sp³-hybridized carbons (Fsp3) is 0.167. The Morgan fingerprint density at radius 2 is 2.07 bits per heavy atom. The standard InChI is InChI=1S/C30H25N9O2/c1-19(35-29(40)25-26(31)37-39-16-5-15-34-28(25)39)27-36-23-9-2-7-21(11-10-20-6-3-13-32-18-20)24(23)30(41)38(27)17-12-22-8-4-14-33-22/h2-3,5-9,13-16,18-19H,4,12,17H2,1H3,(H2,31,37)(H,35,40). The minimum atomic E-state index is -0.649. The molecule has 1 aromatic carbocycles. The third kappa shape index (κ3) is 5.06. The Bertz CT molecular complexity index is 1980. The topological polar surface area (TPSA) is 145 Å². The van der Waals surface area contributed by atoms with Gasteiger partial charge in [-0.05, 0) is 37.3 Å². The maximum atomic E-state index is 14.1. The zero-order valence-corrected chi connectivity index (χ0v) is 22.2. The van der Waals surface area contributed by atoms with Gasteiger partial charge in [-0.1, -0.05) is 24.0 Å². The van der Waals surface area contributed by atoms with Gasteiger partial charge in [0.2, 0.25) is 0 Å². The molecule has 1 aliphatic rings. The van der Waals surface area contributed by atoms with Gasteiger partial charge in [0.25, 0.3) is 11.5 Å². The maximum absolute atomic E-state index is 14.1. The average Bonchev–Trinajstić information content (AvgIpc) is 3.62. The minimum Gasteiger partial charge on any atom is -0.381 e. The summed E-state index contributed by atoms with van der Waals surface area (Å²) in [5, 5.41) is 7.52. The normalized spacial score (nSPS) is 13.1. The fourth-order valence-corrected chi connectivity index (χ4v) is 4.77. The number of benzene rings is 1. The quantitative estimate of drug-likeness (QED) is 0.313. The van der Waals surface area contributed by atoms with Crippen molar-refractivity contribution in [3.63, 3.8) is 0 Å². The van der Waals surface area contributed by atoms with Gasteiger partial charge in [-0.3, -0.25) is 24.1 Å². The lowest BCUT2D eigenvalue weighted by atomic mass is 10.1. The second kappa shape index (κ2) is 10.9. The summed E-state index contributed by atoms with van der Waals surface area (Å²) in [5.41, 5.74) is 8.98. The first-order valence-corrected chi connectivity index (χ1v) is 13.1. The molecule has 202 valence electrons. The molecule has 1 amide bonds. The van der Waals surface area contributed by atoms with Gasteiger partial charge < -0.3 is 11.1 Å². The van der Waals surface area contributed by atoms with E-state index in [2.05, 4.69) is 37.2 Å². The number of carbonyl (C=O) groups is 1. The minimum absolute atomic E-state index is 0.0557. The molecule has 0 saturated heterocycles. The molecular formula is C30H25N9O2. The number of pyridine rings is 1. The van der Waals surface area contributed by atoms with Crippen LogP contribution >= 0.6 is 0 Å². The van der Waals surface area contributed by atoms with E-state index in [9.17, 15) is 9.59 Å². The molecule has 0 fully saturated rings. The summed E-state index contributed by atoms with van der Waals surface area (Å²) in [4.78, 5) is 45.0. The van der Waals surface area contributed by atoms with Gasteiger partial charge in [0.15, 0.2) is 11.5 Å². The molecule has 0 radical (unpaired) electrons. The first kappa shape index (κ1) is 25.6. The van der Waals surface area contributed by atoms with Crippen LogP contribution in [0.1, 0.15) is 53.1 Å². The van der Waals surface area contributed by atoms with Crippen LogP contribution < -0.4 is 16.6 Å². The van der Waals surface area contributed by atoms with E-state index in [4.69, 9.17) is 10.7 Å². The summed E-state index contributed by atoms with van der Waals surface area (Å²) in [6.07, 6.45) is 11.7. The monoisotopic (exact) mass is 543 g/mol. The summed E-state index contributed by atoms with van der Waals surface area (Å²) in [5.74, 6) is 6.18. The van der Waals surface area contributed by atoms with Crippen molar-refractivity contribution in [2.45, 2.75) is 32.4 Å². The Labute approximate surface area is 234 Å². The number of nitrogen functional groups attached to an aromatic ring is 1. The number of carbonyl (C=O) groups excluding carboxylic acids is 1. The Hall–Kier alpha value is -5.63. The number of fused-ring (bicyclic) bond motifs is 2. The molecule has 1 unspecified atom stereocenters. The molecule has 6 rings (SSSR count). The molecule has 0 saturated carbocycles. The third-order valence-electron chi connectivity index (χ3n) is 6.71. The van der Waals surface area contributed by atoms with Crippen LogP contribution in [-0.2, 0) is 6.54 Å². The molecule has 5 aromatic rings. The number of rotatable bonds is 6. The second-order valence-electron chi connectivity index (χ2n) is 9.45. The molecule has 0 spiro atoms. The van der Waals surface area contributed by atoms with Gasteiger partial charge in [-0.15, -0.1) is 5.10 Å². The first-order chi connectivity index (χ1) is 20.0. The zero-order chi connectivity index (χ0) is 28.3. The second-order valence-corrected chi connectivity index (χ2v) is 9.45. The van der Waals surface area contributed by atoms with Gasteiger partial charge in [-0.2, -0.15) is 0 Å². The van der Waals surface area contributed by atoms with Crippen LogP contribution in [0.4, 0.5) is 5.82 Å². The summed E-state index contributed by atoms with van der Waals surface area (Å²) in [6, 6.07) is 10.1. The van der Waals surface area contributed by atoms with Crippen LogP contribution in [0.3, 0.4) is 0 Å². The van der Waals surface area contributed by atoms with Gasteiger partial charge >= 0.3 is 0 Å². The van der Waals surface area contributed by atoms with Crippen LogP contribution in [0.5, 0.6) is 0 Å². The van der Waals surface area contributed by atoms with Crippen molar-refractivity contribution in [2.75, 3.05) is 5.73 Å². The van der Waals surface area contributed by atoms with Crippen LogP contribution in [0.25, 0.3) is 16.6 Å². The predicted molar refractivity (Wildman–Crippen MR) is 155 cm³/mol. The maximum Gasteiger partial charge on any atom is 0.262 e. The summed E-state index contributed by atoms with van der Waals surface area (Å²) in [7, 11) is 0. The summed E-state index contributed by atoms with van der Waals surface area (Å²) in [6.45, 7) is 2.10. The highest BCUT2D eigenvalue weighted by atomic mass is 16.2. The number of aromatic nitrogens is 6. The number of allylic oxidation sites excluding steroid dienone is 2. The molecular weight excluding hydrogens is 518 g/mol. The lowest BCUT2D eigenvalue weighted by Crippen LogP contribution is -2.34. The van der Waals surface area contributed by atoms with Crippen molar-refractivity contribution in [1.29, 1.82) is 0 Å². The predicted octanol–water partition coefficient (Wildman–Crippen LogP) is 3.06. The van der Waals surface area contributed by atoms with Crippen molar-refractivity contribution in [3.8, 4) is 11.8 Å². The van der Waals surface area contributed by atoms with E-state index in [1.807, 2.05) is 24.4 Å². The Kier molecular flexibility index (Phi) is 6.79. The zero-order valence-electron chi connectivity index (χ0n) is 22.2. The van der Waals surface area contributed by atoms with Crippen LogP contribution in [-0.4, -0.2) is 41.3 Å². The van der Waals surface area contributed by atoms with Crippen molar-refractivity contribution >= 4 is 34.5 Å². The molecule has 11 heteroatoms. The number of anilines is 1. The van der Waals surface area contributed by atoms with Crippen molar-refractivity contribution < 1.29 is 4.79 Å². The van der Waals surface area contributed by atoms with Crippen LogP contribution in [0, 0.1) is 11.8 Å². The molecule has 1 aliphatic heterocycles.